The number of aromatic nitrogens is 2. The van der Waals surface area contributed by atoms with Crippen LogP contribution in [0, 0.1) is 5.82 Å². The van der Waals surface area contributed by atoms with Crippen molar-refractivity contribution < 1.29 is 9.18 Å². The highest BCUT2D eigenvalue weighted by atomic mass is 19.1. The molecule has 0 saturated carbocycles. The van der Waals surface area contributed by atoms with E-state index >= 15 is 0 Å². The number of halogens is 1. The highest BCUT2D eigenvalue weighted by Gasteiger charge is 2.23. The molecule has 0 atom stereocenters. The largest absolute Gasteiger partial charge is 0.317 e. The summed E-state index contributed by atoms with van der Waals surface area (Å²) in [6, 6.07) is 10.2. The van der Waals surface area contributed by atoms with E-state index in [1.807, 2.05) is 18.3 Å². The van der Waals surface area contributed by atoms with E-state index in [0.717, 1.165) is 42.5 Å². The molecular formula is C20H20FN3O. The number of benzene rings is 1. The minimum atomic E-state index is -0.344. The quantitative estimate of drug-likeness (QED) is 0.795. The smallest absolute Gasteiger partial charge is 0.235 e. The Labute approximate surface area is 145 Å². The summed E-state index contributed by atoms with van der Waals surface area (Å²) in [5, 5.41) is 3.37. The summed E-state index contributed by atoms with van der Waals surface area (Å²) in [4.78, 5) is 17.3. The van der Waals surface area contributed by atoms with E-state index in [-0.39, 0.29) is 18.1 Å². The monoisotopic (exact) mass is 337 g/mol. The molecule has 25 heavy (non-hydrogen) atoms. The fourth-order valence-corrected chi connectivity index (χ4v) is 3.61. The molecule has 4 rings (SSSR count). The van der Waals surface area contributed by atoms with E-state index < -0.39 is 0 Å². The first kappa shape index (κ1) is 16.0. The first-order valence-corrected chi connectivity index (χ1v) is 8.67. The normalized spacial score (nSPS) is 15.6. The molecular weight excluding hydrogens is 317 g/mol. The molecule has 128 valence electrons. The number of nitrogens with one attached hydrogen (secondary N) is 1. The minimum absolute atomic E-state index is 0.0387. The molecule has 5 heteroatoms. The second-order valence-corrected chi connectivity index (χ2v) is 6.51. The third kappa shape index (κ3) is 3.07. The summed E-state index contributed by atoms with van der Waals surface area (Å²) in [6.07, 6.45) is 5.79. The van der Waals surface area contributed by atoms with Crippen molar-refractivity contribution >= 4 is 16.9 Å². The first-order chi connectivity index (χ1) is 12.2. The van der Waals surface area contributed by atoms with Gasteiger partial charge in [-0.15, -0.1) is 0 Å². The summed E-state index contributed by atoms with van der Waals surface area (Å²) in [5.74, 6) is -0.0755. The van der Waals surface area contributed by atoms with Crippen LogP contribution in [0.3, 0.4) is 0 Å². The molecule has 0 aliphatic carbocycles. The number of hydrogen-bond acceptors (Lipinski definition) is 3. The van der Waals surface area contributed by atoms with Crippen LogP contribution < -0.4 is 5.32 Å². The molecule has 4 nitrogen and oxygen atoms in total. The predicted molar refractivity (Wildman–Crippen MR) is 95.3 cm³/mol. The Morgan fingerprint density at radius 1 is 1.20 bits per heavy atom. The zero-order valence-electron chi connectivity index (χ0n) is 13.9. The Morgan fingerprint density at radius 2 is 2.00 bits per heavy atom. The van der Waals surface area contributed by atoms with Crippen LogP contribution >= 0.6 is 0 Å². The molecule has 0 amide bonds. The van der Waals surface area contributed by atoms with E-state index in [4.69, 9.17) is 0 Å². The molecule has 0 spiro atoms. The van der Waals surface area contributed by atoms with Crippen molar-refractivity contribution in [3.63, 3.8) is 0 Å². The SMILES string of the molecule is O=C(Cc1ccccc1F)n1cc(C2CCNCC2)c2ncccc21. The van der Waals surface area contributed by atoms with Crippen LogP contribution in [0.25, 0.3) is 11.0 Å². The number of pyridine rings is 1. The van der Waals surface area contributed by atoms with Crippen LogP contribution in [-0.4, -0.2) is 28.5 Å². The summed E-state index contributed by atoms with van der Waals surface area (Å²) in [7, 11) is 0. The maximum absolute atomic E-state index is 13.9. The Morgan fingerprint density at radius 3 is 2.80 bits per heavy atom. The van der Waals surface area contributed by atoms with Crippen LogP contribution in [0.2, 0.25) is 0 Å². The average molecular weight is 337 g/mol. The molecule has 1 saturated heterocycles. The van der Waals surface area contributed by atoms with Gasteiger partial charge in [-0.3, -0.25) is 14.3 Å². The molecule has 1 fully saturated rings. The summed E-state index contributed by atoms with van der Waals surface area (Å²) >= 11 is 0. The molecule has 0 radical (unpaired) electrons. The number of nitrogens with zero attached hydrogens (tertiary/aromatic N) is 2. The van der Waals surface area contributed by atoms with Crippen LogP contribution in [0.5, 0.6) is 0 Å². The lowest BCUT2D eigenvalue weighted by Crippen LogP contribution is -2.26. The maximum atomic E-state index is 13.9. The lowest BCUT2D eigenvalue weighted by Gasteiger charge is -2.21. The van der Waals surface area contributed by atoms with Gasteiger partial charge in [-0.25, -0.2) is 4.39 Å². The topological polar surface area (TPSA) is 46.9 Å². The minimum Gasteiger partial charge on any atom is -0.317 e. The average Bonchev–Trinajstić information content (AvgIpc) is 3.04. The van der Waals surface area contributed by atoms with Gasteiger partial charge < -0.3 is 5.32 Å². The number of piperidine rings is 1. The van der Waals surface area contributed by atoms with Crippen molar-refractivity contribution in [2.75, 3.05) is 13.1 Å². The Hall–Kier alpha value is -2.53. The Balaban J connectivity index is 1.72. The van der Waals surface area contributed by atoms with Gasteiger partial charge in [0.1, 0.15) is 5.82 Å². The standard InChI is InChI=1S/C20H20FN3O/c21-17-5-2-1-4-15(17)12-19(25)24-13-16(14-7-10-22-11-8-14)20-18(24)6-3-9-23-20/h1-6,9,13-14,22H,7-8,10-12H2. The first-order valence-electron chi connectivity index (χ1n) is 8.67. The second kappa shape index (κ2) is 6.76. The molecule has 1 N–H and O–H groups in total. The van der Waals surface area contributed by atoms with Gasteiger partial charge >= 0.3 is 0 Å². The molecule has 3 aromatic rings. The summed E-state index contributed by atoms with van der Waals surface area (Å²) in [5.41, 5.74) is 3.23. The van der Waals surface area contributed by atoms with Gasteiger partial charge in [0.15, 0.2) is 0 Å². The summed E-state index contributed by atoms with van der Waals surface area (Å²) < 4.78 is 15.5. The third-order valence-corrected chi connectivity index (χ3v) is 4.93. The van der Waals surface area contributed by atoms with Gasteiger partial charge in [0.2, 0.25) is 5.91 Å². The van der Waals surface area contributed by atoms with Crippen molar-refractivity contribution in [3.8, 4) is 0 Å². The fourth-order valence-electron chi connectivity index (χ4n) is 3.61. The number of hydrogen-bond donors (Lipinski definition) is 1. The molecule has 1 aliphatic heterocycles. The van der Waals surface area contributed by atoms with Crippen LogP contribution in [0.4, 0.5) is 4.39 Å². The van der Waals surface area contributed by atoms with Crippen LogP contribution in [0.1, 0.15) is 34.7 Å². The lowest BCUT2D eigenvalue weighted by molar-refractivity contribution is 0.0918. The molecule has 0 bridgehead atoms. The van der Waals surface area contributed by atoms with Crippen LogP contribution in [-0.2, 0) is 6.42 Å². The molecule has 2 aromatic heterocycles. The lowest BCUT2D eigenvalue weighted by atomic mass is 9.91. The van der Waals surface area contributed by atoms with Crippen LogP contribution in [0.15, 0.2) is 48.8 Å². The molecule has 0 unspecified atom stereocenters. The van der Waals surface area contributed by atoms with Gasteiger partial charge in [-0.05, 0) is 61.2 Å². The van der Waals surface area contributed by atoms with E-state index in [1.54, 1.807) is 29.0 Å². The number of carbonyl (C=O) groups is 1. The van der Waals surface area contributed by atoms with E-state index in [2.05, 4.69) is 10.3 Å². The number of fused-ring (bicyclic) bond motifs is 1. The van der Waals surface area contributed by atoms with Crippen molar-refractivity contribution in [2.24, 2.45) is 0 Å². The number of rotatable bonds is 3. The molecule has 1 aliphatic rings. The predicted octanol–water partition coefficient (Wildman–Crippen LogP) is 3.53. The van der Waals surface area contributed by atoms with Crippen molar-refractivity contribution in [2.45, 2.75) is 25.2 Å². The zero-order valence-corrected chi connectivity index (χ0v) is 13.9. The van der Waals surface area contributed by atoms with E-state index in [9.17, 15) is 9.18 Å². The Bertz CT molecular complexity index is 912. The molecule has 3 heterocycles. The molecule has 1 aromatic carbocycles. The fraction of sp³-hybridized carbons (Fsp3) is 0.300. The number of carbonyl (C=O) groups excluding carboxylic acids is 1. The van der Waals surface area contributed by atoms with Gasteiger partial charge in [0.05, 0.1) is 17.5 Å². The van der Waals surface area contributed by atoms with Gasteiger partial charge in [-0.1, -0.05) is 18.2 Å². The summed E-state index contributed by atoms with van der Waals surface area (Å²) in [6.45, 7) is 1.96. The van der Waals surface area contributed by atoms with Gasteiger partial charge in [0.25, 0.3) is 0 Å². The van der Waals surface area contributed by atoms with E-state index in [0.29, 0.717) is 11.5 Å². The third-order valence-electron chi connectivity index (χ3n) is 4.93. The maximum Gasteiger partial charge on any atom is 0.235 e. The van der Waals surface area contributed by atoms with Gasteiger partial charge in [0, 0.05) is 12.4 Å². The van der Waals surface area contributed by atoms with E-state index in [1.165, 1.54) is 6.07 Å². The van der Waals surface area contributed by atoms with Crippen molar-refractivity contribution in [1.29, 1.82) is 0 Å². The highest BCUT2D eigenvalue weighted by Crippen LogP contribution is 2.32. The highest BCUT2D eigenvalue weighted by molar-refractivity contribution is 5.93. The Kier molecular flexibility index (Phi) is 4.32. The zero-order chi connectivity index (χ0) is 17.2. The van der Waals surface area contributed by atoms with Crippen molar-refractivity contribution in [3.05, 3.63) is 65.7 Å². The second-order valence-electron chi connectivity index (χ2n) is 6.51. The van der Waals surface area contributed by atoms with Gasteiger partial charge in [-0.2, -0.15) is 0 Å². The van der Waals surface area contributed by atoms with Crippen molar-refractivity contribution in [1.82, 2.24) is 14.9 Å².